The minimum atomic E-state index is -1.57. The van der Waals surface area contributed by atoms with Gasteiger partial charge in [-0.2, -0.15) is 10.1 Å². The molecule has 178 valence electrons. The van der Waals surface area contributed by atoms with Crippen LogP contribution in [0.3, 0.4) is 0 Å². The van der Waals surface area contributed by atoms with Gasteiger partial charge in [-0.1, -0.05) is 36.8 Å². The van der Waals surface area contributed by atoms with Crippen molar-refractivity contribution in [3.8, 4) is 22.9 Å². The zero-order chi connectivity index (χ0) is 24.4. The maximum atomic E-state index is 5.77. The Morgan fingerprint density at radius 3 is 2.74 bits per heavy atom. The molecule has 1 saturated heterocycles. The van der Waals surface area contributed by atoms with Crippen LogP contribution in [0.15, 0.2) is 47.1 Å². The molecule has 4 aromatic heterocycles. The molecule has 35 heavy (non-hydrogen) atoms. The van der Waals surface area contributed by atoms with Gasteiger partial charge in [-0.15, -0.1) is 5.54 Å². The van der Waals surface area contributed by atoms with Gasteiger partial charge in [0.05, 0.1) is 11.7 Å². The van der Waals surface area contributed by atoms with Gasteiger partial charge < -0.3 is 14.7 Å². The zero-order valence-electron chi connectivity index (χ0n) is 20.3. The SMILES string of the molecule is Cc1cc(Nc2cc(C#C[Si](C)(C)C)nc(N3CCC[C@H]3c3cc(-c4ccccn4)no3)n2)n[nH]1. The van der Waals surface area contributed by atoms with Gasteiger partial charge in [0, 0.05) is 36.6 Å². The van der Waals surface area contributed by atoms with Gasteiger partial charge >= 0.3 is 0 Å². The van der Waals surface area contributed by atoms with Crippen molar-refractivity contribution in [2.45, 2.75) is 45.4 Å². The van der Waals surface area contributed by atoms with Crippen molar-refractivity contribution in [2.75, 3.05) is 16.8 Å². The van der Waals surface area contributed by atoms with Crippen molar-refractivity contribution in [3.05, 3.63) is 59.7 Å². The second kappa shape index (κ2) is 9.35. The maximum Gasteiger partial charge on any atom is 0.229 e. The van der Waals surface area contributed by atoms with E-state index in [1.54, 1.807) is 6.20 Å². The third-order valence-electron chi connectivity index (χ3n) is 5.54. The molecular formula is C25H28N8OSi. The van der Waals surface area contributed by atoms with Crippen LogP contribution in [0.1, 0.15) is 36.0 Å². The smallest absolute Gasteiger partial charge is 0.229 e. The third-order valence-corrected chi connectivity index (χ3v) is 6.41. The van der Waals surface area contributed by atoms with Gasteiger partial charge in [-0.3, -0.25) is 10.1 Å². The Bertz CT molecular complexity index is 1380. The van der Waals surface area contributed by atoms with Crippen molar-refractivity contribution in [2.24, 2.45) is 0 Å². The number of aromatic amines is 1. The van der Waals surface area contributed by atoms with E-state index >= 15 is 0 Å². The van der Waals surface area contributed by atoms with Crippen molar-refractivity contribution < 1.29 is 4.52 Å². The van der Waals surface area contributed by atoms with Crippen LogP contribution in [-0.2, 0) is 0 Å². The first kappa shape index (κ1) is 22.8. The molecule has 4 aromatic rings. The average Bonchev–Trinajstić information content (AvgIpc) is 3.58. The molecule has 1 atom stereocenters. The number of anilines is 3. The highest BCUT2D eigenvalue weighted by Gasteiger charge is 2.32. The first-order chi connectivity index (χ1) is 16.8. The van der Waals surface area contributed by atoms with Gasteiger partial charge in [0.1, 0.15) is 25.3 Å². The van der Waals surface area contributed by atoms with Crippen molar-refractivity contribution in [3.63, 3.8) is 0 Å². The molecule has 0 spiro atoms. The quantitative estimate of drug-likeness (QED) is 0.305. The van der Waals surface area contributed by atoms with Gasteiger partial charge in [-0.05, 0) is 31.9 Å². The normalized spacial score (nSPS) is 15.7. The number of hydrogen-bond acceptors (Lipinski definition) is 8. The lowest BCUT2D eigenvalue weighted by atomic mass is 10.1. The van der Waals surface area contributed by atoms with E-state index in [1.807, 2.05) is 43.3 Å². The fourth-order valence-corrected chi connectivity index (χ4v) is 4.44. The predicted molar refractivity (Wildman–Crippen MR) is 138 cm³/mol. The van der Waals surface area contributed by atoms with Crippen LogP contribution in [0, 0.1) is 18.4 Å². The highest BCUT2D eigenvalue weighted by molar-refractivity contribution is 6.83. The second-order valence-corrected chi connectivity index (χ2v) is 14.4. The molecule has 5 rings (SSSR count). The summed E-state index contributed by atoms with van der Waals surface area (Å²) in [6.07, 6.45) is 3.67. The van der Waals surface area contributed by atoms with Crippen molar-refractivity contribution >= 4 is 25.7 Å². The Hall–Kier alpha value is -3.97. The molecule has 0 saturated carbocycles. The number of nitrogens with zero attached hydrogens (tertiary/aromatic N) is 6. The molecule has 10 heteroatoms. The van der Waals surface area contributed by atoms with Crippen molar-refractivity contribution in [1.29, 1.82) is 0 Å². The lowest BCUT2D eigenvalue weighted by Crippen LogP contribution is -2.25. The van der Waals surface area contributed by atoms with E-state index in [0.29, 0.717) is 23.3 Å². The molecule has 5 heterocycles. The number of aryl methyl sites for hydroxylation is 1. The van der Waals surface area contributed by atoms with Crippen molar-refractivity contribution in [1.82, 2.24) is 30.3 Å². The summed E-state index contributed by atoms with van der Waals surface area (Å²) in [4.78, 5) is 16.2. The van der Waals surface area contributed by atoms with E-state index < -0.39 is 8.07 Å². The molecule has 1 fully saturated rings. The lowest BCUT2D eigenvalue weighted by molar-refractivity contribution is 0.362. The Kier molecular flexibility index (Phi) is 6.09. The Morgan fingerprint density at radius 1 is 1.11 bits per heavy atom. The predicted octanol–water partition coefficient (Wildman–Crippen LogP) is 4.87. The van der Waals surface area contributed by atoms with E-state index in [1.165, 1.54) is 0 Å². The molecule has 9 nitrogen and oxygen atoms in total. The van der Waals surface area contributed by atoms with Gasteiger partial charge in [0.2, 0.25) is 5.95 Å². The van der Waals surface area contributed by atoms with Crippen LogP contribution < -0.4 is 10.2 Å². The highest BCUT2D eigenvalue weighted by atomic mass is 28.3. The number of H-pyrrole nitrogens is 1. The summed E-state index contributed by atoms with van der Waals surface area (Å²) in [5.41, 5.74) is 6.57. The summed E-state index contributed by atoms with van der Waals surface area (Å²) >= 11 is 0. The van der Waals surface area contributed by atoms with Gasteiger partial charge in [0.15, 0.2) is 11.6 Å². The monoisotopic (exact) mass is 484 g/mol. The number of nitrogens with one attached hydrogen (secondary N) is 2. The Balaban J connectivity index is 1.48. The van der Waals surface area contributed by atoms with E-state index in [4.69, 9.17) is 14.5 Å². The fraction of sp³-hybridized carbons (Fsp3) is 0.320. The molecule has 1 aliphatic rings. The average molecular weight is 485 g/mol. The number of rotatable bonds is 5. The van der Waals surface area contributed by atoms with E-state index in [9.17, 15) is 0 Å². The number of aromatic nitrogens is 6. The Labute approximate surface area is 205 Å². The van der Waals surface area contributed by atoms with E-state index in [-0.39, 0.29) is 6.04 Å². The molecule has 0 radical (unpaired) electrons. The molecule has 2 N–H and O–H groups in total. The number of hydrogen-bond donors (Lipinski definition) is 2. The zero-order valence-corrected chi connectivity index (χ0v) is 21.3. The molecule has 0 bridgehead atoms. The standard InChI is InChI=1S/C25H28N8OSi/c1-17-14-24(31-30-17)28-23-15-18(10-13-35(2,3)4)27-25(29-23)33-12-7-9-21(33)22-16-20(32-34-22)19-8-5-6-11-26-19/h5-6,8,11,14-16,21H,7,9,12H2,1-4H3,(H2,27,28,29,30,31)/t21-/m0/s1. The topological polar surface area (TPSA) is 109 Å². The number of pyridine rings is 1. The second-order valence-electron chi connectivity index (χ2n) is 9.68. The van der Waals surface area contributed by atoms with Crippen LogP contribution in [0.5, 0.6) is 0 Å². The van der Waals surface area contributed by atoms with Crippen LogP contribution >= 0.6 is 0 Å². The summed E-state index contributed by atoms with van der Waals surface area (Å²) in [6, 6.07) is 11.5. The van der Waals surface area contributed by atoms with Crippen LogP contribution in [0.25, 0.3) is 11.4 Å². The largest absolute Gasteiger partial charge is 0.358 e. The first-order valence-electron chi connectivity index (χ1n) is 11.7. The maximum absolute atomic E-state index is 5.77. The first-order valence-corrected chi connectivity index (χ1v) is 15.2. The molecule has 0 unspecified atom stereocenters. The van der Waals surface area contributed by atoms with E-state index in [2.05, 4.69) is 61.7 Å². The summed E-state index contributed by atoms with van der Waals surface area (Å²) in [5.74, 6) is 6.02. The minimum absolute atomic E-state index is 0.0133. The minimum Gasteiger partial charge on any atom is -0.358 e. The summed E-state index contributed by atoms with van der Waals surface area (Å²) in [5, 5.41) is 14.8. The van der Waals surface area contributed by atoms with Gasteiger partial charge in [-0.25, -0.2) is 4.98 Å². The highest BCUT2D eigenvalue weighted by Crippen LogP contribution is 2.36. The van der Waals surface area contributed by atoms with Crippen LogP contribution in [0.2, 0.25) is 19.6 Å². The molecule has 0 aromatic carbocycles. The molecule has 0 amide bonds. The summed E-state index contributed by atoms with van der Waals surface area (Å²) in [7, 11) is -1.57. The van der Waals surface area contributed by atoms with E-state index in [0.717, 1.165) is 42.2 Å². The molecular weight excluding hydrogens is 456 g/mol. The molecule has 1 aliphatic heterocycles. The fourth-order valence-electron chi connectivity index (χ4n) is 3.94. The lowest BCUT2D eigenvalue weighted by Gasteiger charge is -2.23. The molecule has 0 aliphatic carbocycles. The summed E-state index contributed by atoms with van der Waals surface area (Å²) in [6.45, 7) is 9.42. The third kappa shape index (κ3) is 5.41. The van der Waals surface area contributed by atoms with Crippen LogP contribution in [-0.4, -0.2) is 44.9 Å². The summed E-state index contributed by atoms with van der Waals surface area (Å²) < 4.78 is 5.77. The van der Waals surface area contributed by atoms with Gasteiger partial charge in [0.25, 0.3) is 0 Å². The van der Waals surface area contributed by atoms with Crippen LogP contribution in [0.4, 0.5) is 17.6 Å². The Morgan fingerprint density at radius 2 is 2.00 bits per heavy atom.